The molecule has 25 heavy (non-hydrogen) atoms. The van der Waals surface area contributed by atoms with Crippen molar-refractivity contribution in [2.45, 2.75) is 20.0 Å². The van der Waals surface area contributed by atoms with E-state index >= 15 is 0 Å². The fourth-order valence-corrected chi connectivity index (χ4v) is 2.81. The van der Waals surface area contributed by atoms with Gasteiger partial charge in [-0.1, -0.05) is 11.6 Å². The highest BCUT2D eigenvalue weighted by molar-refractivity contribution is 6.31. The highest BCUT2D eigenvalue weighted by Crippen LogP contribution is 2.18. The van der Waals surface area contributed by atoms with Gasteiger partial charge in [0, 0.05) is 37.1 Å². The summed E-state index contributed by atoms with van der Waals surface area (Å²) in [7, 11) is 0. The van der Waals surface area contributed by atoms with Crippen molar-refractivity contribution in [2.24, 2.45) is 0 Å². The molecular weight excluding hydrogens is 348 g/mol. The molecule has 1 aromatic rings. The van der Waals surface area contributed by atoms with Gasteiger partial charge in [0.1, 0.15) is 6.54 Å². The average Bonchev–Trinajstić information content (AvgIpc) is 2.56. The smallest absolute Gasteiger partial charge is 0.323 e. The van der Waals surface area contributed by atoms with E-state index in [2.05, 4.69) is 0 Å². The number of rotatable bonds is 5. The van der Waals surface area contributed by atoms with Gasteiger partial charge in [-0.2, -0.15) is 0 Å². The molecule has 1 N–H and O–H groups in total. The number of aryl methyl sites for hydroxylation is 1. The van der Waals surface area contributed by atoms with Gasteiger partial charge in [-0.15, -0.1) is 0 Å². The monoisotopic (exact) mass is 368 g/mol. The Morgan fingerprint density at radius 3 is 2.72 bits per heavy atom. The lowest BCUT2D eigenvalue weighted by molar-refractivity contribution is -0.145. The summed E-state index contributed by atoms with van der Waals surface area (Å²) >= 11 is 5.99. The minimum Gasteiger partial charge on any atom is -0.480 e. The molecule has 1 aliphatic rings. The summed E-state index contributed by atoms with van der Waals surface area (Å²) < 4.78 is 5.60. The van der Waals surface area contributed by atoms with Crippen LogP contribution in [0.5, 0.6) is 0 Å². The number of carboxylic acid groups (broad SMARTS) is 1. The van der Waals surface area contributed by atoms with Gasteiger partial charge in [-0.25, -0.2) is 0 Å². The second kappa shape index (κ2) is 8.31. The van der Waals surface area contributed by atoms with Crippen LogP contribution in [0.4, 0.5) is 0 Å². The lowest BCUT2D eigenvalue weighted by Gasteiger charge is -2.35. The van der Waals surface area contributed by atoms with E-state index in [0.717, 1.165) is 5.56 Å². The number of carboxylic acids is 1. The molecule has 0 spiro atoms. The highest BCUT2D eigenvalue weighted by Gasteiger charge is 2.28. The number of halogens is 1. The van der Waals surface area contributed by atoms with E-state index in [-0.39, 0.29) is 24.9 Å². The Kier molecular flexibility index (Phi) is 6.39. The Bertz CT molecular complexity index is 679. The number of amides is 2. The summed E-state index contributed by atoms with van der Waals surface area (Å²) in [5, 5.41) is 9.49. The molecule has 0 aliphatic carbocycles. The lowest BCUT2D eigenvalue weighted by Crippen LogP contribution is -2.51. The topological polar surface area (TPSA) is 87.2 Å². The normalized spacial score (nSPS) is 17.2. The molecule has 2 rings (SSSR count). The first kappa shape index (κ1) is 19.2. The van der Waals surface area contributed by atoms with Crippen molar-refractivity contribution in [3.8, 4) is 0 Å². The third kappa shape index (κ3) is 5.17. The fourth-order valence-electron chi connectivity index (χ4n) is 2.69. The molecule has 8 heteroatoms. The third-order valence-corrected chi connectivity index (χ3v) is 4.45. The van der Waals surface area contributed by atoms with E-state index in [1.54, 1.807) is 23.1 Å². The Labute approximate surface area is 151 Å². The number of aliphatic carboxylic acids is 1. The summed E-state index contributed by atoms with van der Waals surface area (Å²) in [5.74, 6) is -1.57. The molecule has 136 valence electrons. The maximum Gasteiger partial charge on any atom is 0.323 e. The molecule has 1 unspecified atom stereocenters. The number of ether oxygens (including phenoxy) is 1. The van der Waals surface area contributed by atoms with Gasteiger partial charge < -0.3 is 19.6 Å². The summed E-state index contributed by atoms with van der Waals surface area (Å²) in [5.41, 5.74) is 1.36. The van der Waals surface area contributed by atoms with E-state index in [1.807, 2.05) is 6.92 Å². The second-order valence-electron chi connectivity index (χ2n) is 6.00. The summed E-state index contributed by atoms with van der Waals surface area (Å²) in [6, 6.07) is 5.10. The van der Waals surface area contributed by atoms with Gasteiger partial charge in [0.25, 0.3) is 5.91 Å². The summed E-state index contributed by atoms with van der Waals surface area (Å²) in [6.45, 7) is 3.95. The predicted octanol–water partition coefficient (Wildman–Crippen LogP) is 1.42. The van der Waals surface area contributed by atoms with Gasteiger partial charge in [-0.3, -0.25) is 14.4 Å². The molecule has 1 fully saturated rings. The first-order valence-electron chi connectivity index (χ1n) is 7.92. The van der Waals surface area contributed by atoms with Crippen LogP contribution >= 0.6 is 11.6 Å². The minimum atomic E-state index is -1.09. The van der Waals surface area contributed by atoms with Gasteiger partial charge >= 0.3 is 5.97 Å². The van der Waals surface area contributed by atoms with Gasteiger partial charge in [0.2, 0.25) is 5.91 Å². The molecular formula is C17H21ClN2O5. The third-order valence-electron chi connectivity index (χ3n) is 4.03. The fraction of sp³-hybridized carbons (Fsp3) is 0.471. The lowest BCUT2D eigenvalue weighted by atomic mass is 10.1. The van der Waals surface area contributed by atoms with Crippen LogP contribution in [-0.2, 0) is 14.3 Å². The van der Waals surface area contributed by atoms with Crippen LogP contribution < -0.4 is 0 Å². The van der Waals surface area contributed by atoms with E-state index in [4.69, 9.17) is 21.4 Å². The summed E-state index contributed by atoms with van der Waals surface area (Å²) in [6.07, 6.45) is -0.422. The molecule has 0 bridgehead atoms. The number of carbonyl (C=O) groups is 3. The van der Waals surface area contributed by atoms with Crippen molar-refractivity contribution in [1.29, 1.82) is 0 Å². The van der Waals surface area contributed by atoms with Crippen LogP contribution in [0.15, 0.2) is 18.2 Å². The van der Waals surface area contributed by atoms with E-state index in [0.29, 0.717) is 30.3 Å². The quantitative estimate of drug-likeness (QED) is 0.849. The van der Waals surface area contributed by atoms with Crippen LogP contribution in [-0.4, -0.2) is 71.6 Å². The second-order valence-corrected chi connectivity index (χ2v) is 6.41. The summed E-state index contributed by atoms with van der Waals surface area (Å²) in [4.78, 5) is 37.9. The Morgan fingerprint density at radius 2 is 2.12 bits per heavy atom. The van der Waals surface area contributed by atoms with Crippen molar-refractivity contribution in [2.75, 3.05) is 32.8 Å². The molecule has 1 heterocycles. The standard InChI is InChI=1S/C17H21ClN2O5/c1-11-7-13(3-4-15(11)18)17(24)19-5-6-25-14(8-19)9-20(12(2)21)10-16(22)23/h3-4,7,14H,5-6,8-10H2,1-2H3,(H,22,23). The first-order chi connectivity index (χ1) is 11.8. The number of hydrogen-bond donors (Lipinski definition) is 1. The van der Waals surface area contributed by atoms with E-state index in [9.17, 15) is 14.4 Å². The zero-order valence-electron chi connectivity index (χ0n) is 14.2. The Balaban J connectivity index is 2.04. The molecule has 1 saturated heterocycles. The predicted molar refractivity (Wildman–Crippen MR) is 91.7 cm³/mol. The molecule has 0 saturated carbocycles. The van der Waals surface area contributed by atoms with Crippen LogP contribution in [0.1, 0.15) is 22.8 Å². The Morgan fingerprint density at radius 1 is 1.40 bits per heavy atom. The first-order valence-corrected chi connectivity index (χ1v) is 8.30. The molecule has 1 aliphatic heterocycles. The molecule has 0 aromatic heterocycles. The number of nitrogens with zero attached hydrogens (tertiary/aromatic N) is 2. The number of carbonyl (C=O) groups excluding carboxylic acids is 2. The zero-order chi connectivity index (χ0) is 18.6. The van der Waals surface area contributed by atoms with Crippen molar-refractivity contribution in [1.82, 2.24) is 9.80 Å². The van der Waals surface area contributed by atoms with Crippen LogP contribution in [0.25, 0.3) is 0 Å². The molecule has 0 radical (unpaired) electrons. The van der Waals surface area contributed by atoms with Crippen molar-refractivity contribution in [3.05, 3.63) is 34.3 Å². The molecule has 1 atom stereocenters. The maximum absolute atomic E-state index is 12.7. The van der Waals surface area contributed by atoms with E-state index < -0.39 is 12.1 Å². The van der Waals surface area contributed by atoms with Crippen LogP contribution in [0, 0.1) is 6.92 Å². The van der Waals surface area contributed by atoms with E-state index in [1.165, 1.54) is 11.8 Å². The number of morpholine rings is 1. The van der Waals surface area contributed by atoms with Crippen LogP contribution in [0.2, 0.25) is 5.02 Å². The van der Waals surface area contributed by atoms with Gasteiger partial charge in [0.05, 0.1) is 12.7 Å². The zero-order valence-corrected chi connectivity index (χ0v) is 15.0. The number of benzene rings is 1. The van der Waals surface area contributed by atoms with Crippen molar-refractivity contribution in [3.63, 3.8) is 0 Å². The highest BCUT2D eigenvalue weighted by atomic mass is 35.5. The van der Waals surface area contributed by atoms with Crippen molar-refractivity contribution >= 4 is 29.4 Å². The van der Waals surface area contributed by atoms with Gasteiger partial charge in [-0.05, 0) is 30.7 Å². The molecule has 7 nitrogen and oxygen atoms in total. The molecule has 1 aromatic carbocycles. The maximum atomic E-state index is 12.7. The molecule has 2 amide bonds. The Hall–Kier alpha value is -2.12. The number of hydrogen-bond acceptors (Lipinski definition) is 4. The minimum absolute atomic E-state index is 0.130. The largest absolute Gasteiger partial charge is 0.480 e. The van der Waals surface area contributed by atoms with Gasteiger partial charge in [0.15, 0.2) is 0 Å². The average molecular weight is 369 g/mol. The van der Waals surface area contributed by atoms with Crippen molar-refractivity contribution < 1.29 is 24.2 Å². The van der Waals surface area contributed by atoms with Crippen LogP contribution in [0.3, 0.4) is 0 Å². The SMILES string of the molecule is CC(=O)N(CC(=O)O)CC1CN(C(=O)c2ccc(Cl)c(C)c2)CCO1.